The summed E-state index contributed by atoms with van der Waals surface area (Å²) < 4.78 is 10.5. The average molecular weight is 243 g/mol. The number of carbonyl (C=O) groups excluding carboxylic acids is 1. The Bertz CT molecular complexity index is 532. The molecule has 0 bridgehead atoms. The molecule has 92 valence electrons. The van der Waals surface area contributed by atoms with Gasteiger partial charge in [-0.1, -0.05) is 24.8 Å². The number of ether oxygens (including phenoxy) is 1. The van der Waals surface area contributed by atoms with Crippen LogP contribution in [-0.4, -0.2) is 12.5 Å². The molecule has 2 rings (SSSR count). The Labute approximate surface area is 105 Å². The van der Waals surface area contributed by atoms with Crippen molar-refractivity contribution in [2.45, 2.75) is 0 Å². The van der Waals surface area contributed by atoms with Crippen molar-refractivity contribution in [1.29, 1.82) is 0 Å². The molecule has 1 N–H and O–H groups in total. The number of anilines is 1. The SMILES string of the molecule is C=CCOc1ccccc1NC(=O)c1ccco1. The highest BCUT2D eigenvalue weighted by Crippen LogP contribution is 2.24. The first-order chi connectivity index (χ1) is 8.81. The Hall–Kier alpha value is -2.49. The van der Waals surface area contributed by atoms with Crippen molar-refractivity contribution in [3.8, 4) is 5.75 Å². The van der Waals surface area contributed by atoms with Crippen molar-refractivity contribution < 1.29 is 13.9 Å². The fraction of sp³-hybridized carbons (Fsp3) is 0.0714. The summed E-state index contributed by atoms with van der Waals surface area (Å²) in [5.41, 5.74) is 0.598. The topological polar surface area (TPSA) is 51.5 Å². The van der Waals surface area contributed by atoms with Crippen molar-refractivity contribution in [1.82, 2.24) is 0 Å². The Kier molecular flexibility index (Phi) is 3.81. The Morgan fingerprint density at radius 2 is 2.17 bits per heavy atom. The number of hydrogen-bond acceptors (Lipinski definition) is 3. The maximum Gasteiger partial charge on any atom is 0.291 e. The van der Waals surface area contributed by atoms with E-state index in [9.17, 15) is 4.79 Å². The fourth-order valence-electron chi connectivity index (χ4n) is 1.44. The van der Waals surface area contributed by atoms with Gasteiger partial charge in [0.05, 0.1) is 12.0 Å². The lowest BCUT2D eigenvalue weighted by molar-refractivity contribution is 0.0996. The number of hydrogen-bond donors (Lipinski definition) is 1. The summed E-state index contributed by atoms with van der Waals surface area (Å²) in [5, 5.41) is 2.73. The van der Waals surface area contributed by atoms with E-state index in [1.165, 1.54) is 6.26 Å². The van der Waals surface area contributed by atoms with Gasteiger partial charge in [-0.2, -0.15) is 0 Å². The van der Waals surface area contributed by atoms with Crippen LogP contribution in [0.4, 0.5) is 5.69 Å². The van der Waals surface area contributed by atoms with Crippen LogP contribution < -0.4 is 10.1 Å². The predicted molar refractivity (Wildman–Crippen MR) is 68.8 cm³/mol. The minimum Gasteiger partial charge on any atom is -0.487 e. The fourth-order valence-corrected chi connectivity index (χ4v) is 1.44. The standard InChI is InChI=1S/C14H13NO3/c1-2-9-17-12-7-4-3-6-11(12)15-14(16)13-8-5-10-18-13/h2-8,10H,1,9H2,(H,15,16). The highest BCUT2D eigenvalue weighted by atomic mass is 16.5. The van der Waals surface area contributed by atoms with Crippen molar-refractivity contribution in [3.05, 3.63) is 61.1 Å². The van der Waals surface area contributed by atoms with Gasteiger partial charge in [-0.05, 0) is 24.3 Å². The van der Waals surface area contributed by atoms with Gasteiger partial charge in [0, 0.05) is 0 Å². The molecule has 2 aromatic rings. The van der Waals surface area contributed by atoms with E-state index in [-0.39, 0.29) is 11.7 Å². The lowest BCUT2D eigenvalue weighted by Gasteiger charge is -2.10. The van der Waals surface area contributed by atoms with E-state index in [2.05, 4.69) is 11.9 Å². The van der Waals surface area contributed by atoms with Gasteiger partial charge >= 0.3 is 0 Å². The van der Waals surface area contributed by atoms with Gasteiger partial charge in [-0.15, -0.1) is 0 Å². The van der Waals surface area contributed by atoms with Crippen LogP contribution in [0.3, 0.4) is 0 Å². The second kappa shape index (κ2) is 5.72. The number of carbonyl (C=O) groups is 1. The average Bonchev–Trinajstić information content (AvgIpc) is 2.91. The van der Waals surface area contributed by atoms with Crippen LogP contribution in [0.15, 0.2) is 59.7 Å². The minimum absolute atomic E-state index is 0.258. The normalized spacial score (nSPS) is 9.78. The summed E-state index contributed by atoms with van der Waals surface area (Å²) >= 11 is 0. The van der Waals surface area contributed by atoms with Crippen LogP contribution in [0.2, 0.25) is 0 Å². The van der Waals surface area contributed by atoms with Gasteiger partial charge in [0.2, 0.25) is 0 Å². The summed E-state index contributed by atoms with van der Waals surface area (Å²) in [6.45, 7) is 3.96. The summed E-state index contributed by atoms with van der Waals surface area (Å²) in [6.07, 6.45) is 3.10. The quantitative estimate of drug-likeness (QED) is 0.821. The van der Waals surface area contributed by atoms with Crippen LogP contribution in [0, 0.1) is 0 Å². The predicted octanol–water partition coefficient (Wildman–Crippen LogP) is 3.10. The molecule has 1 heterocycles. The summed E-state index contributed by atoms with van der Waals surface area (Å²) in [5.74, 6) is 0.542. The molecule has 1 amide bonds. The monoisotopic (exact) mass is 243 g/mol. The molecule has 0 aliphatic carbocycles. The van der Waals surface area contributed by atoms with Crippen molar-refractivity contribution >= 4 is 11.6 Å². The Balaban J connectivity index is 2.13. The molecule has 1 aromatic heterocycles. The van der Waals surface area contributed by atoms with Crippen molar-refractivity contribution in [2.75, 3.05) is 11.9 Å². The molecule has 4 nitrogen and oxygen atoms in total. The molecule has 0 aliphatic rings. The molecule has 0 atom stereocenters. The largest absolute Gasteiger partial charge is 0.487 e. The molecule has 18 heavy (non-hydrogen) atoms. The maximum absolute atomic E-state index is 11.8. The van der Waals surface area contributed by atoms with Gasteiger partial charge in [0.25, 0.3) is 5.91 Å². The van der Waals surface area contributed by atoms with E-state index >= 15 is 0 Å². The molecule has 0 fully saturated rings. The summed E-state index contributed by atoms with van der Waals surface area (Å²) in [7, 11) is 0. The van der Waals surface area contributed by atoms with Gasteiger partial charge < -0.3 is 14.5 Å². The second-order valence-electron chi connectivity index (χ2n) is 3.53. The first kappa shape index (κ1) is 12.0. The zero-order chi connectivity index (χ0) is 12.8. The smallest absolute Gasteiger partial charge is 0.291 e. The molecule has 0 saturated carbocycles. The Morgan fingerprint density at radius 1 is 1.33 bits per heavy atom. The molecule has 0 aliphatic heterocycles. The van der Waals surface area contributed by atoms with E-state index in [1.54, 1.807) is 30.3 Å². The first-order valence-corrected chi connectivity index (χ1v) is 5.49. The van der Waals surface area contributed by atoms with E-state index in [0.717, 1.165) is 0 Å². The third-order valence-electron chi connectivity index (χ3n) is 2.24. The van der Waals surface area contributed by atoms with Crippen LogP contribution in [0.5, 0.6) is 5.75 Å². The number of amides is 1. The van der Waals surface area contributed by atoms with E-state index < -0.39 is 0 Å². The van der Waals surface area contributed by atoms with E-state index in [4.69, 9.17) is 9.15 Å². The molecule has 0 spiro atoms. The van der Waals surface area contributed by atoms with Gasteiger partial charge in [-0.3, -0.25) is 4.79 Å². The van der Waals surface area contributed by atoms with Gasteiger partial charge in [-0.25, -0.2) is 0 Å². The highest BCUT2D eigenvalue weighted by molar-refractivity contribution is 6.03. The molecular formula is C14H13NO3. The summed E-state index contributed by atoms with van der Waals surface area (Å²) in [6, 6.07) is 10.5. The third kappa shape index (κ3) is 2.79. The molecule has 1 aromatic carbocycles. The minimum atomic E-state index is -0.311. The number of rotatable bonds is 5. The van der Waals surface area contributed by atoms with Crippen molar-refractivity contribution in [2.24, 2.45) is 0 Å². The van der Waals surface area contributed by atoms with Gasteiger partial charge in [0.15, 0.2) is 5.76 Å². The molecule has 0 unspecified atom stereocenters. The number of nitrogens with one attached hydrogen (secondary N) is 1. The number of benzene rings is 1. The molecular weight excluding hydrogens is 230 g/mol. The van der Waals surface area contributed by atoms with Gasteiger partial charge in [0.1, 0.15) is 12.4 Å². The third-order valence-corrected chi connectivity index (χ3v) is 2.24. The van der Waals surface area contributed by atoms with Crippen LogP contribution >= 0.6 is 0 Å². The van der Waals surface area contributed by atoms with E-state index in [1.807, 2.05) is 12.1 Å². The van der Waals surface area contributed by atoms with Crippen molar-refractivity contribution in [3.63, 3.8) is 0 Å². The molecule has 0 saturated heterocycles. The maximum atomic E-state index is 11.8. The lowest BCUT2D eigenvalue weighted by atomic mass is 10.3. The first-order valence-electron chi connectivity index (χ1n) is 5.49. The van der Waals surface area contributed by atoms with Crippen LogP contribution in [-0.2, 0) is 0 Å². The van der Waals surface area contributed by atoms with Crippen LogP contribution in [0.25, 0.3) is 0 Å². The molecule has 0 radical (unpaired) electrons. The number of furan rings is 1. The Morgan fingerprint density at radius 3 is 2.89 bits per heavy atom. The zero-order valence-corrected chi connectivity index (χ0v) is 9.76. The lowest BCUT2D eigenvalue weighted by Crippen LogP contribution is -2.12. The highest BCUT2D eigenvalue weighted by Gasteiger charge is 2.11. The van der Waals surface area contributed by atoms with E-state index in [0.29, 0.717) is 18.0 Å². The number of para-hydroxylation sites is 2. The summed E-state index contributed by atoms with van der Waals surface area (Å²) in [4.78, 5) is 11.8. The zero-order valence-electron chi connectivity index (χ0n) is 9.76. The second-order valence-corrected chi connectivity index (χ2v) is 3.53. The molecule has 4 heteroatoms. The van der Waals surface area contributed by atoms with Crippen LogP contribution in [0.1, 0.15) is 10.6 Å².